The van der Waals surface area contributed by atoms with Crippen LogP contribution in [0.15, 0.2) is 29.2 Å². The van der Waals surface area contributed by atoms with E-state index in [1.165, 1.54) is 16.7 Å². The van der Waals surface area contributed by atoms with Crippen LogP contribution in [-0.2, 0) is 14.3 Å². The molecule has 0 unspecified atom stereocenters. The summed E-state index contributed by atoms with van der Waals surface area (Å²) in [5.74, 6) is -0.0527. The van der Waals surface area contributed by atoms with Crippen molar-refractivity contribution in [1.29, 1.82) is 0 Å². The van der Waals surface area contributed by atoms with Crippen molar-refractivity contribution < 1.29 is 19.1 Å². The van der Waals surface area contributed by atoms with Gasteiger partial charge in [0.1, 0.15) is 16.6 Å². The lowest BCUT2D eigenvalue weighted by Gasteiger charge is -2.12. The summed E-state index contributed by atoms with van der Waals surface area (Å²) in [5, 5.41) is 0. The van der Waals surface area contributed by atoms with Gasteiger partial charge in [-0.3, -0.25) is 14.5 Å². The molecule has 0 aromatic heterocycles. The Morgan fingerprint density at radius 1 is 1.45 bits per heavy atom. The lowest BCUT2D eigenvalue weighted by molar-refractivity contribution is -0.145. The lowest BCUT2D eigenvalue weighted by Crippen LogP contribution is -2.34. The molecule has 1 aliphatic heterocycles. The topological polar surface area (TPSA) is 55.8 Å². The standard InChI is InChI=1S/C15H15NO4S2/c1-3-20-13(17)9-16-14(18)12(22-15(16)21)8-10-5-4-6-11(7-10)19-2/h4-8H,3,9H2,1-2H3/b12-8-. The first-order chi connectivity index (χ1) is 10.5. The predicted octanol–water partition coefficient (Wildman–Crippen LogP) is 2.46. The molecule has 0 N–H and O–H groups in total. The highest BCUT2D eigenvalue weighted by Gasteiger charge is 2.33. The first-order valence-corrected chi connectivity index (χ1v) is 7.82. The maximum Gasteiger partial charge on any atom is 0.326 e. The first kappa shape index (κ1) is 16.5. The van der Waals surface area contributed by atoms with Gasteiger partial charge in [-0.25, -0.2) is 0 Å². The normalized spacial score (nSPS) is 16.3. The number of hydrogen-bond acceptors (Lipinski definition) is 6. The minimum atomic E-state index is -0.471. The molecule has 1 heterocycles. The fourth-order valence-corrected chi connectivity index (χ4v) is 3.11. The van der Waals surface area contributed by atoms with E-state index in [9.17, 15) is 9.59 Å². The number of amides is 1. The van der Waals surface area contributed by atoms with Crippen molar-refractivity contribution in [1.82, 2.24) is 4.90 Å². The highest BCUT2D eigenvalue weighted by molar-refractivity contribution is 8.26. The summed E-state index contributed by atoms with van der Waals surface area (Å²) >= 11 is 6.33. The summed E-state index contributed by atoms with van der Waals surface area (Å²) < 4.78 is 10.4. The predicted molar refractivity (Wildman–Crippen MR) is 89.5 cm³/mol. The molecule has 1 fully saturated rings. The number of carbonyl (C=O) groups is 2. The van der Waals surface area contributed by atoms with Gasteiger partial charge < -0.3 is 9.47 Å². The molecule has 22 heavy (non-hydrogen) atoms. The van der Waals surface area contributed by atoms with E-state index in [1.807, 2.05) is 24.3 Å². The van der Waals surface area contributed by atoms with Crippen molar-refractivity contribution in [2.75, 3.05) is 20.3 Å². The molecule has 1 amide bonds. The van der Waals surface area contributed by atoms with Gasteiger partial charge in [0.2, 0.25) is 0 Å². The second-order valence-corrected chi connectivity index (χ2v) is 6.03. The Balaban J connectivity index is 2.16. The van der Waals surface area contributed by atoms with E-state index in [1.54, 1.807) is 20.1 Å². The Morgan fingerprint density at radius 2 is 2.23 bits per heavy atom. The SMILES string of the molecule is CCOC(=O)CN1C(=O)/C(=C/c2cccc(OC)c2)SC1=S. The average molecular weight is 337 g/mol. The molecule has 0 bridgehead atoms. The zero-order valence-electron chi connectivity index (χ0n) is 12.2. The van der Waals surface area contributed by atoms with Crippen LogP contribution in [-0.4, -0.2) is 41.4 Å². The maximum atomic E-state index is 12.3. The van der Waals surface area contributed by atoms with Gasteiger partial charge in [0, 0.05) is 0 Å². The highest BCUT2D eigenvalue weighted by Crippen LogP contribution is 2.32. The number of rotatable bonds is 5. The Hall–Kier alpha value is -1.86. The van der Waals surface area contributed by atoms with E-state index in [0.717, 1.165) is 5.56 Å². The Labute approximate surface area is 138 Å². The third kappa shape index (κ3) is 3.86. The fraction of sp³-hybridized carbons (Fsp3) is 0.267. The van der Waals surface area contributed by atoms with Gasteiger partial charge in [0.05, 0.1) is 18.6 Å². The summed E-state index contributed by atoms with van der Waals surface area (Å²) in [6, 6.07) is 7.34. The molecule has 2 rings (SSSR count). The first-order valence-electron chi connectivity index (χ1n) is 6.60. The molecule has 5 nitrogen and oxygen atoms in total. The fourth-order valence-electron chi connectivity index (χ4n) is 1.85. The monoisotopic (exact) mass is 337 g/mol. The molecule has 1 aliphatic rings. The van der Waals surface area contributed by atoms with Gasteiger partial charge in [-0.05, 0) is 30.7 Å². The third-order valence-corrected chi connectivity index (χ3v) is 4.24. The molecular weight excluding hydrogens is 322 g/mol. The number of thiocarbonyl (C=S) groups is 1. The minimum absolute atomic E-state index is 0.159. The Bertz CT molecular complexity index is 642. The average Bonchev–Trinajstić information content (AvgIpc) is 2.75. The molecule has 116 valence electrons. The molecule has 0 atom stereocenters. The van der Waals surface area contributed by atoms with Crippen LogP contribution >= 0.6 is 24.0 Å². The van der Waals surface area contributed by atoms with E-state index in [-0.39, 0.29) is 19.1 Å². The number of esters is 1. The van der Waals surface area contributed by atoms with Gasteiger partial charge in [-0.1, -0.05) is 36.1 Å². The largest absolute Gasteiger partial charge is 0.497 e. The second kappa shape index (κ2) is 7.42. The Morgan fingerprint density at radius 3 is 2.91 bits per heavy atom. The second-order valence-electron chi connectivity index (χ2n) is 4.35. The molecule has 0 saturated carbocycles. The van der Waals surface area contributed by atoms with E-state index in [4.69, 9.17) is 21.7 Å². The van der Waals surface area contributed by atoms with Crippen LogP contribution in [0, 0.1) is 0 Å². The van der Waals surface area contributed by atoms with Crippen LogP contribution in [0.1, 0.15) is 12.5 Å². The van der Waals surface area contributed by atoms with Crippen LogP contribution < -0.4 is 4.74 Å². The minimum Gasteiger partial charge on any atom is -0.497 e. The number of hydrogen-bond donors (Lipinski definition) is 0. The van der Waals surface area contributed by atoms with Gasteiger partial charge in [0.15, 0.2) is 0 Å². The van der Waals surface area contributed by atoms with Gasteiger partial charge in [-0.15, -0.1) is 0 Å². The number of ether oxygens (including phenoxy) is 2. The molecule has 7 heteroatoms. The summed E-state index contributed by atoms with van der Waals surface area (Å²) in [4.78, 5) is 25.6. The smallest absolute Gasteiger partial charge is 0.326 e. The van der Waals surface area contributed by atoms with Crippen LogP contribution in [0.5, 0.6) is 5.75 Å². The number of nitrogens with zero attached hydrogens (tertiary/aromatic N) is 1. The summed E-state index contributed by atoms with van der Waals surface area (Å²) in [6.45, 7) is 1.83. The highest BCUT2D eigenvalue weighted by atomic mass is 32.2. The number of carbonyl (C=O) groups excluding carboxylic acids is 2. The zero-order chi connectivity index (χ0) is 16.1. The number of methoxy groups -OCH3 is 1. The number of benzene rings is 1. The molecule has 1 aromatic carbocycles. The van der Waals surface area contributed by atoms with Crippen molar-refractivity contribution >= 4 is 46.3 Å². The zero-order valence-corrected chi connectivity index (χ0v) is 13.8. The number of thioether (sulfide) groups is 1. The van der Waals surface area contributed by atoms with Gasteiger partial charge in [-0.2, -0.15) is 0 Å². The van der Waals surface area contributed by atoms with Crippen LogP contribution in [0.4, 0.5) is 0 Å². The van der Waals surface area contributed by atoms with Crippen molar-refractivity contribution in [2.45, 2.75) is 6.92 Å². The molecule has 1 saturated heterocycles. The van der Waals surface area contributed by atoms with Crippen molar-refractivity contribution in [3.63, 3.8) is 0 Å². The van der Waals surface area contributed by atoms with Crippen LogP contribution in [0.25, 0.3) is 6.08 Å². The lowest BCUT2D eigenvalue weighted by atomic mass is 10.2. The van der Waals surface area contributed by atoms with Crippen molar-refractivity contribution in [2.24, 2.45) is 0 Å². The molecule has 0 aliphatic carbocycles. The van der Waals surface area contributed by atoms with E-state index >= 15 is 0 Å². The molecule has 0 spiro atoms. The van der Waals surface area contributed by atoms with E-state index in [2.05, 4.69) is 0 Å². The molecular formula is C15H15NO4S2. The van der Waals surface area contributed by atoms with Crippen molar-refractivity contribution in [3.8, 4) is 5.75 Å². The van der Waals surface area contributed by atoms with E-state index < -0.39 is 5.97 Å². The van der Waals surface area contributed by atoms with Gasteiger partial charge >= 0.3 is 5.97 Å². The maximum absolute atomic E-state index is 12.3. The third-order valence-electron chi connectivity index (χ3n) is 2.86. The van der Waals surface area contributed by atoms with Crippen LogP contribution in [0.3, 0.4) is 0 Å². The summed E-state index contributed by atoms with van der Waals surface area (Å²) in [6.07, 6.45) is 1.73. The Kier molecular flexibility index (Phi) is 5.57. The van der Waals surface area contributed by atoms with E-state index in [0.29, 0.717) is 15.0 Å². The van der Waals surface area contributed by atoms with Crippen molar-refractivity contribution in [3.05, 3.63) is 34.7 Å². The quantitative estimate of drug-likeness (QED) is 0.467. The van der Waals surface area contributed by atoms with Crippen LogP contribution in [0.2, 0.25) is 0 Å². The summed E-state index contributed by atoms with van der Waals surface area (Å²) in [5.41, 5.74) is 0.830. The summed E-state index contributed by atoms with van der Waals surface area (Å²) in [7, 11) is 1.58. The molecule has 0 radical (unpaired) electrons. The van der Waals surface area contributed by atoms with Gasteiger partial charge in [0.25, 0.3) is 5.91 Å². The molecule has 1 aromatic rings.